The van der Waals surface area contributed by atoms with Crippen LogP contribution in [0.25, 0.3) is 6.08 Å². The molecule has 33 heavy (non-hydrogen) atoms. The van der Waals surface area contributed by atoms with Crippen LogP contribution in [-0.2, 0) is 4.79 Å². The van der Waals surface area contributed by atoms with Crippen LogP contribution in [0.4, 0.5) is 0 Å². The molecule has 0 aliphatic carbocycles. The second-order valence-corrected chi connectivity index (χ2v) is 7.70. The van der Waals surface area contributed by atoms with Gasteiger partial charge < -0.3 is 24.1 Å². The van der Waals surface area contributed by atoms with Gasteiger partial charge in [0.25, 0.3) is 0 Å². The molecule has 0 bridgehead atoms. The van der Waals surface area contributed by atoms with Gasteiger partial charge in [-0.1, -0.05) is 24.3 Å². The highest BCUT2D eigenvalue weighted by molar-refractivity contribution is 6.15. The zero-order chi connectivity index (χ0) is 23.1. The first kappa shape index (κ1) is 20.6. The molecular formula is C26H20O7. The molecule has 5 rings (SSSR count). The van der Waals surface area contributed by atoms with E-state index >= 15 is 0 Å². The molecule has 166 valence electrons. The zero-order valence-corrected chi connectivity index (χ0v) is 18.0. The largest absolute Gasteiger partial charge is 0.508 e. The van der Waals surface area contributed by atoms with Gasteiger partial charge in [-0.25, -0.2) is 0 Å². The minimum Gasteiger partial charge on any atom is -0.508 e. The Bertz CT molecular complexity index is 1320. The fraction of sp³-hybridized carbons (Fsp3) is 0.154. The van der Waals surface area contributed by atoms with E-state index in [1.54, 1.807) is 54.6 Å². The number of esters is 1. The summed E-state index contributed by atoms with van der Waals surface area (Å²) in [6, 6.07) is 15.2. The summed E-state index contributed by atoms with van der Waals surface area (Å²) in [7, 11) is 3.06. The Morgan fingerprint density at radius 3 is 2.58 bits per heavy atom. The van der Waals surface area contributed by atoms with Crippen LogP contribution in [0.15, 0.2) is 60.4 Å². The summed E-state index contributed by atoms with van der Waals surface area (Å²) >= 11 is 0. The average Bonchev–Trinajstić information content (AvgIpc) is 3.13. The third-order valence-corrected chi connectivity index (χ3v) is 5.77. The summed E-state index contributed by atoms with van der Waals surface area (Å²) in [4.78, 5) is 25.5. The van der Waals surface area contributed by atoms with Crippen molar-refractivity contribution in [2.24, 2.45) is 0 Å². The second-order valence-electron chi connectivity index (χ2n) is 7.70. The van der Waals surface area contributed by atoms with Crippen molar-refractivity contribution in [1.82, 2.24) is 0 Å². The standard InChI is InChI=1S/C26H20O7/c1-30-20-8-4-6-15(25(20)31-2)12-21-24(29)17-9-10-19-23(26(17)33-21)18(13-22(28)32-19)14-5-3-7-16(27)11-14/h3-12,18,27H,13H2,1-2H3/b21-12-/t18-/m1/s1. The topological polar surface area (TPSA) is 91.3 Å². The third-order valence-electron chi connectivity index (χ3n) is 5.77. The highest BCUT2D eigenvalue weighted by Gasteiger charge is 2.38. The molecule has 7 heteroatoms. The van der Waals surface area contributed by atoms with E-state index in [0.29, 0.717) is 39.7 Å². The predicted molar refractivity (Wildman–Crippen MR) is 119 cm³/mol. The monoisotopic (exact) mass is 444 g/mol. The van der Waals surface area contributed by atoms with Crippen LogP contribution in [-0.4, -0.2) is 31.1 Å². The molecule has 3 aromatic rings. The van der Waals surface area contributed by atoms with Gasteiger partial charge in [-0.2, -0.15) is 0 Å². The van der Waals surface area contributed by atoms with E-state index in [1.165, 1.54) is 14.2 Å². The summed E-state index contributed by atoms with van der Waals surface area (Å²) in [5, 5.41) is 9.96. The number of carbonyl (C=O) groups excluding carboxylic acids is 2. The number of para-hydroxylation sites is 1. The van der Waals surface area contributed by atoms with Crippen LogP contribution in [0.2, 0.25) is 0 Å². The van der Waals surface area contributed by atoms with E-state index in [1.807, 2.05) is 6.07 Å². The molecule has 3 aromatic carbocycles. The van der Waals surface area contributed by atoms with Gasteiger partial charge in [-0.3, -0.25) is 9.59 Å². The molecule has 7 nitrogen and oxygen atoms in total. The lowest BCUT2D eigenvalue weighted by atomic mass is 9.84. The average molecular weight is 444 g/mol. The van der Waals surface area contributed by atoms with E-state index < -0.39 is 11.9 Å². The van der Waals surface area contributed by atoms with Gasteiger partial charge in [0.15, 0.2) is 17.3 Å². The van der Waals surface area contributed by atoms with E-state index in [4.69, 9.17) is 18.9 Å². The second kappa shape index (κ2) is 8.02. The van der Waals surface area contributed by atoms with Crippen LogP contribution in [0.3, 0.4) is 0 Å². The summed E-state index contributed by atoms with van der Waals surface area (Å²) in [6.45, 7) is 0. The fourth-order valence-corrected chi connectivity index (χ4v) is 4.30. The Morgan fingerprint density at radius 1 is 1.00 bits per heavy atom. The Balaban J connectivity index is 1.62. The van der Waals surface area contributed by atoms with Crippen molar-refractivity contribution in [1.29, 1.82) is 0 Å². The Morgan fingerprint density at radius 2 is 1.82 bits per heavy atom. The van der Waals surface area contributed by atoms with Gasteiger partial charge in [-0.05, 0) is 42.0 Å². The molecule has 1 atom stereocenters. The molecule has 2 aliphatic rings. The number of Topliss-reactive ketones (excluding diaryl/α,β-unsaturated/α-hetero) is 1. The zero-order valence-electron chi connectivity index (χ0n) is 18.0. The highest BCUT2D eigenvalue weighted by Crippen LogP contribution is 2.49. The minimum atomic E-state index is -0.429. The lowest BCUT2D eigenvalue weighted by Gasteiger charge is -2.26. The number of hydrogen-bond acceptors (Lipinski definition) is 7. The number of hydrogen-bond donors (Lipinski definition) is 1. The van der Waals surface area contributed by atoms with Crippen molar-refractivity contribution in [3.63, 3.8) is 0 Å². The molecule has 0 spiro atoms. The van der Waals surface area contributed by atoms with Gasteiger partial charge in [0.05, 0.1) is 26.2 Å². The van der Waals surface area contributed by atoms with E-state index in [-0.39, 0.29) is 23.7 Å². The first-order valence-corrected chi connectivity index (χ1v) is 10.3. The molecule has 1 N–H and O–H groups in total. The number of ether oxygens (including phenoxy) is 4. The van der Waals surface area contributed by atoms with Crippen molar-refractivity contribution in [3.8, 4) is 28.7 Å². The van der Waals surface area contributed by atoms with E-state index in [2.05, 4.69) is 0 Å². The SMILES string of the molecule is COc1cccc(/C=C2\Oc3c(ccc4c3[C@@H](c3cccc(O)c3)CC(=O)O4)C2=O)c1OC. The van der Waals surface area contributed by atoms with Crippen LogP contribution in [0.5, 0.6) is 28.7 Å². The lowest BCUT2D eigenvalue weighted by molar-refractivity contribution is -0.135. The van der Waals surface area contributed by atoms with Crippen LogP contribution < -0.4 is 18.9 Å². The van der Waals surface area contributed by atoms with Crippen LogP contribution >= 0.6 is 0 Å². The van der Waals surface area contributed by atoms with Crippen molar-refractivity contribution in [2.45, 2.75) is 12.3 Å². The molecule has 0 amide bonds. The fourth-order valence-electron chi connectivity index (χ4n) is 4.30. The normalized spacial score (nSPS) is 17.8. The van der Waals surface area contributed by atoms with Gasteiger partial charge in [-0.15, -0.1) is 0 Å². The van der Waals surface area contributed by atoms with Gasteiger partial charge >= 0.3 is 5.97 Å². The number of phenols is 1. The van der Waals surface area contributed by atoms with Gasteiger partial charge in [0, 0.05) is 17.0 Å². The van der Waals surface area contributed by atoms with Crippen LogP contribution in [0.1, 0.15) is 39.4 Å². The van der Waals surface area contributed by atoms with Crippen molar-refractivity contribution in [2.75, 3.05) is 14.2 Å². The summed E-state index contributed by atoms with van der Waals surface area (Å²) < 4.78 is 22.3. The summed E-state index contributed by atoms with van der Waals surface area (Å²) in [5.74, 6) is 0.803. The molecule has 0 unspecified atom stereocenters. The summed E-state index contributed by atoms with van der Waals surface area (Å²) in [5.41, 5.74) is 2.33. The highest BCUT2D eigenvalue weighted by atomic mass is 16.5. The maximum Gasteiger partial charge on any atom is 0.312 e. The molecule has 0 fully saturated rings. The molecular weight excluding hydrogens is 424 g/mol. The number of fused-ring (bicyclic) bond motifs is 3. The lowest BCUT2D eigenvalue weighted by Crippen LogP contribution is -2.21. The number of methoxy groups -OCH3 is 2. The van der Waals surface area contributed by atoms with E-state index in [9.17, 15) is 14.7 Å². The van der Waals surface area contributed by atoms with Gasteiger partial charge in [0.1, 0.15) is 17.2 Å². The predicted octanol–water partition coefficient (Wildman–Crippen LogP) is 4.47. The number of benzene rings is 3. The molecule has 0 aromatic heterocycles. The third kappa shape index (κ3) is 3.47. The Kier molecular flexibility index (Phi) is 5.01. The maximum atomic E-state index is 13.2. The van der Waals surface area contributed by atoms with Crippen molar-refractivity contribution >= 4 is 17.8 Å². The van der Waals surface area contributed by atoms with Crippen molar-refractivity contribution < 1.29 is 33.6 Å². The number of ketones is 1. The minimum absolute atomic E-state index is 0.0627. The smallest absolute Gasteiger partial charge is 0.312 e. The summed E-state index contributed by atoms with van der Waals surface area (Å²) in [6.07, 6.45) is 1.67. The van der Waals surface area contributed by atoms with Crippen molar-refractivity contribution in [3.05, 3.63) is 82.6 Å². The molecule has 2 heterocycles. The number of aromatic hydroxyl groups is 1. The number of rotatable bonds is 4. The van der Waals surface area contributed by atoms with Gasteiger partial charge in [0.2, 0.25) is 5.78 Å². The molecule has 2 aliphatic heterocycles. The number of phenolic OH excluding ortho intramolecular Hbond substituents is 1. The number of allylic oxidation sites excluding steroid dienone is 1. The Hall–Kier alpha value is -4.26. The molecule has 0 saturated carbocycles. The molecule has 0 radical (unpaired) electrons. The quantitative estimate of drug-likeness (QED) is 0.361. The number of carbonyl (C=O) groups is 2. The first-order chi connectivity index (χ1) is 16.0. The Labute approximate surface area is 189 Å². The first-order valence-electron chi connectivity index (χ1n) is 10.3. The van der Waals surface area contributed by atoms with E-state index in [0.717, 1.165) is 5.56 Å². The maximum absolute atomic E-state index is 13.2. The van der Waals surface area contributed by atoms with Crippen LogP contribution in [0, 0.1) is 0 Å². The molecule has 0 saturated heterocycles.